The summed E-state index contributed by atoms with van der Waals surface area (Å²) in [6, 6.07) is 12.5. The quantitative estimate of drug-likeness (QED) is 0.521. The van der Waals surface area contributed by atoms with E-state index < -0.39 is 6.36 Å². The molecule has 0 amide bonds. The third-order valence-corrected chi connectivity index (χ3v) is 4.00. The molecule has 0 saturated carbocycles. The van der Waals surface area contributed by atoms with Crippen LogP contribution >= 0.6 is 0 Å². The molecule has 7 nitrogen and oxygen atoms in total. The first kappa shape index (κ1) is 18.5. The SMILES string of the molecule is COc1cccc(-c2[nH]ncc2-c2nc(-c3ccc(OC(F)(F)F)cc3)no2)c1. The van der Waals surface area contributed by atoms with Gasteiger partial charge in [-0.2, -0.15) is 10.1 Å². The maximum atomic E-state index is 12.3. The molecule has 0 unspecified atom stereocenters. The second kappa shape index (κ2) is 7.30. The number of hydrogen-bond donors (Lipinski definition) is 1. The number of nitrogens with zero attached hydrogens (tertiary/aromatic N) is 3. The molecule has 10 heteroatoms. The Morgan fingerprint density at radius 3 is 2.52 bits per heavy atom. The lowest BCUT2D eigenvalue weighted by Crippen LogP contribution is -2.16. The Morgan fingerprint density at radius 1 is 1.00 bits per heavy atom. The molecule has 0 radical (unpaired) electrons. The normalized spacial score (nSPS) is 11.4. The van der Waals surface area contributed by atoms with E-state index in [4.69, 9.17) is 9.26 Å². The van der Waals surface area contributed by atoms with Crippen LogP contribution in [0.15, 0.2) is 59.3 Å². The van der Waals surface area contributed by atoms with Crippen LogP contribution in [0.25, 0.3) is 34.1 Å². The highest BCUT2D eigenvalue weighted by molar-refractivity contribution is 5.77. The van der Waals surface area contributed by atoms with Crippen molar-refractivity contribution in [1.82, 2.24) is 20.3 Å². The predicted octanol–water partition coefficient (Wildman–Crippen LogP) is 4.70. The Morgan fingerprint density at radius 2 is 1.79 bits per heavy atom. The fourth-order valence-corrected chi connectivity index (χ4v) is 2.70. The van der Waals surface area contributed by atoms with Crippen molar-refractivity contribution in [2.75, 3.05) is 7.11 Å². The van der Waals surface area contributed by atoms with Crippen molar-refractivity contribution < 1.29 is 27.2 Å². The minimum atomic E-state index is -4.75. The Balaban J connectivity index is 1.61. The Hall–Kier alpha value is -3.82. The summed E-state index contributed by atoms with van der Waals surface area (Å²) in [5, 5.41) is 10.8. The first-order chi connectivity index (χ1) is 13.9. The summed E-state index contributed by atoms with van der Waals surface area (Å²) in [7, 11) is 1.57. The van der Waals surface area contributed by atoms with Gasteiger partial charge in [-0.15, -0.1) is 13.2 Å². The zero-order valence-corrected chi connectivity index (χ0v) is 14.9. The van der Waals surface area contributed by atoms with Gasteiger partial charge in [-0.3, -0.25) is 5.10 Å². The average molecular weight is 402 g/mol. The van der Waals surface area contributed by atoms with Crippen molar-refractivity contribution in [2.24, 2.45) is 0 Å². The molecule has 0 fully saturated rings. The number of hydrogen-bond acceptors (Lipinski definition) is 6. The van der Waals surface area contributed by atoms with Crippen molar-refractivity contribution >= 4 is 0 Å². The van der Waals surface area contributed by atoms with Crippen LogP contribution in [0.1, 0.15) is 0 Å². The van der Waals surface area contributed by atoms with E-state index in [0.717, 1.165) is 5.56 Å². The zero-order chi connectivity index (χ0) is 20.4. The average Bonchev–Trinajstić information content (AvgIpc) is 3.37. The fourth-order valence-electron chi connectivity index (χ4n) is 2.70. The van der Waals surface area contributed by atoms with Gasteiger partial charge in [0.15, 0.2) is 0 Å². The van der Waals surface area contributed by atoms with Crippen LogP contribution < -0.4 is 9.47 Å². The molecule has 4 aromatic rings. The first-order valence-electron chi connectivity index (χ1n) is 8.31. The van der Waals surface area contributed by atoms with Crippen LogP contribution in [0.3, 0.4) is 0 Å². The molecular weight excluding hydrogens is 389 g/mol. The molecule has 2 aromatic carbocycles. The molecule has 0 atom stereocenters. The molecule has 2 heterocycles. The Bertz CT molecular complexity index is 1120. The van der Waals surface area contributed by atoms with Gasteiger partial charge >= 0.3 is 6.36 Å². The lowest BCUT2D eigenvalue weighted by molar-refractivity contribution is -0.274. The largest absolute Gasteiger partial charge is 0.573 e. The third kappa shape index (κ3) is 4.05. The molecule has 148 valence electrons. The van der Waals surface area contributed by atoms with Crippen LogP contribution in [0, 0.1) is 0 Å². The van der Waals surface area contributed by atoms with Crippen LogP contribution in [-0.2, 0) is 0 Å². The summed E-state index contributed by atoms with van der Waals surface area (Å²) in [5.74, 6) is 0.772. The zero-order valence-electron chi connectivity index (χ0n) is 14.9. The molecular formula is C19H13F3N4O3. The van der Waals surface area contributed by atoms with Crippen LogP contribution in [0.4, 0.5) is 13.2 Å². The number of alkyl halides is 3. The van der Waals surface area contributed by atoms with Gasteiger partial charge in [0.25, 0.3) is 5.89 Å². The number of aromatic amines is 1. The van der Waals surface area contributed by atoms with E-state index in [1.165, 1.54) is 24.3 Å². The van der Waals surface area contributed by atoms with Crippen molar-refractivity contribution in [3.63, 3.8) is 0 Å². The van der Waals surface area contributed by atoms with E-state index in [1.807, 2.05) is 24.3 Å². The first-order valence-corrected chi connectivity index (χ1v) is 8.31. The van der Waals surface area contributed by atoms with E-state index in [1.54, 1.807) is 13.3 Å². The Labute approximate surface area is 162 Å². The summed E-state index contributed by atoms with van der Waals surface area (Å²) >= 11 is 0. The molecule has 0 aliphatic heterocycles. The number of H-pyrrole nitrogens is 1. The summed E-state index contributed by atoms with van der Waals surface area (Å²) in [5.41, 5.74) is 2.52. The van der Waals surface area contributed by atoms with Gasteiger partial charge < -0.3 is 14.0 Å². The second-order valence-electron chi connectivity index (χ2n) is 5.89. The molecule has 29 heavy (non-hydrogen) atoms. The molecule has 0 bridgehead atoms. The number of aromatic nitrogens is 4. The monoisotopic (exact) mass is 402 g/mol. The highest BCUT2D eigenvalue weighted by Crippen LogP contribution is 2.32. The van der Waals surface area contributed by atoms with Crippen LogP contribution in [0.2, 0.25) is 0 Å². The molecule has 0 aliphatic carbocycles. The minimum absolute atomic E-state index is 0.210. The molecule has 0 aliphatic rings. The van der Waals surface area contributed by atoms with Gasteiger partial charge in [0.05, 0.1) is 24.6 Å². The molecule has 4 rings (SSSR count). The van der Waals surface area contributed by atoms with Crippen molar-refractivity contribution in [1.29, 1.82) is 0 Å². The van der Waals surface area contributed by atoms with Gasteiger partial charge in [-0.25, -0.2) is 0 Å². The van der Waals surface area contributed by atoms with Crippen molar-refractivity contribution in [3.8, 4) is 45.6 Å². The van der Waals surface area contributed by atoms with Crippen LogP contribution in [-0.4, -0.2) is 33.8 Å². The van der Waals surface area contributed by atoms with E-state index in [0.29, 0.717) is 22.6 Å². The number of rotatable bonds is 5. The minimum Gasteiger partial charge on any atom is -0.497 e. The lowest BCUT2D eigenvalue weighted by Gasteiger charge is -2.08. The van der Waals surface area contributed by atoms with Gasteiger partial charge in [0, 0.05) is 11.1 Å². The second-order valence-corrected chi connectivity index (χ2v) is 5.89. The maximum Gasteiger partial charge on any atom is 0.573 e. The smallest absolute Gasteiger partial charge is 0.497 e. The van der Waals surface area contributed by atoms with E-state index in [2.05, 4.69) is 25.1 Å². The van der Waals surface area contributed by atoms with Crippen molar-refractivity contribution in [3.05, 3.63) is 54.7 Å². The Kier molecular flexibility index (Phi) is 4.67. The highest BCUT2D eigenvalue weighted by atomic mass is 19.4. The van der Waals surface area contributed by atoms with Gasteiger partial charge in [0.1, 0.15) is 11.5 Å². The highest BCUT2D eigenvalue weighted by Gasteiger charge is 2.31. The molecule has 2 aromatic heterocycles. The standard InChI is InChI=1S/C19H13F3N4O3/c1-27-14-4-2-3-12(9-14)16-15(10-23-25-16)18-24-17(26-29-18)11-5-7-13(8-6-11)28-19(20,21)22/h2-10H,1H3,(H,23,25). The van der Waals surface area contributed by atoms with Gasteiger partial charge in [0.2, 0.25) is 5.82 Å². The van der Waals surface area contributed by atoms with E-state index >= 15 is 0 Å². The third-order valence-electron chi connectivity index (χ3n) is 4.00. The van der Waals surface area contributed by atoms with Crippen molar-refractivity contribution in [2.45, 2.75) is 6.36 Å². The molecule has 0 spiro atoms. The number of benzene rings is 2. The lowest BCUT2D eigenvalue weighted by atomic mass is 10.1. The molecule has 0 saturated heterocycles. The summed E-state index contributed by atoms with van der Waals surface area (Å²) in [6.07, 6.45) is -3.20. The van der Waals surface area contributed by atoms with Crippen LogP contribution in [0.5, 0.6) is 11.5 Å². The number of halogens is 3. The fraction of sp³-hybridized carbons (Fsp3) is 0.105. The topological polar surface area (TPSA) is 86.1 Å². The summed E-state index contributed by atoms with van der Waals surface area (Å²) in [4.78, 5) is 4.32. The summed E-state index contributed by atoms with van der Waals surface area (Å²) in [6.45, 7) is 0. The number of methoxy groups -OCH3 is 1. The summed E-state index contributed by atoms with van der Waals surface area (Å²) < 4.78 is 51.2. The predicted molar refractivity (Wildman–Crippen MR) is 96.0 cm³/mol. The maximum absolute atomic E-state index is 12.3. The van der Waals surface area contributed by atoms with E-state index in [9.17, 15) is 13.2 Å². The van der Waals surface area contributed by atoms with Gasteiger partial charge in [-0.05, 0) is 36.4 Å². The van der Waals surface area contributed by atoms with E-state index in [-0.39, 0.29) is 17.5 Å². The van der Waals surface area contributed by atoms with Gasteiger partial charge in [-0.1, -0.05) is 17.3 Å². The molecule has 1 N–H and O–H groups in total. The number of ether oxygens (including phenoxy) is 2. The number of nitrogens with one attached hydrogen (secondary N) is 1.